The second-order valence-electron chi connectivity index (χ2n) is 6.40. The summed E-state index contributed by atoms with van der Waals surface area (Å²) in [5, 5.41) is 16.8. The molecule has 8 heteroatoms. The number of rotatable bonds is 8. The van der Waals surface area contributed by atoms with Crippen LogP contribution in [-0.2, 0) is 11.4 Å². The van der Waals surface area contributed by atoms with Crippen LogP contribution in [0.5, 0.6) is 5.75 Å². The number of ether oxygens (including phenoxy) is 1. The van der Waals surface area contributed by atoms with Gasteiger partial charge in [0.2, 0.25) is 0 Å². The molecule has 3 aromatic carbocycles. The quantitative estimate of drug-likeness (QED) is 0.334. The van der Waals surface area contributed by atoms with Crippen LogP contribution in [0.4, 0.5) is 5.69 Å². The maximum absolute atomic E-state index is 11.9. The molecule has 0 aliphatic carbocycles. The Balaban J connectivity index is 1.50. The predicted octanol–water partition coefficient (Wildman–Crippen LogP) is 5.12. The topological polar surface area (TPSA) is 86.5 Å². The molecule has 3 rings (SSSR count). The standard InChI is InChI=1S/C23H18BrClN4O2/c24-21-11-16(5-10-22(21)31-15-18-4-2-1-3-17(18)12-26)13-28-29-23(30)14-27-20-8-6-19(25)7-9-20/h1-11,13,27H,14-15H2,(H,29,30)/b28-13-. The molecule has 156 valence electrons. The molecule has 0 aliphatic rings. The second-order valence-corrected chi connectivity index (χ2v) is 7.69. The fourth-order valence-corrected chi connectivity index (χ4v) is 3.23. The first-order chi connectivity index (χ1) is 15.0. The Kier molecular flexibility index (Phi) is 8.05. The summed E-state index contributed by atoms with van der Waals surface area (Å²) >= 11 is 9.31. The minimum absolute atomic E-state index is 0.0830. The van der Waals surface area contributed by atoms with Gasteiger partial charge >= 0.3 is 0 Å². The molecule has 6 nitrogen and oxygen atoms in total. The molecular weight excluding hydrogens is 480 g/mol. The van der Waals surface area contributed by atoms with Gasteiger partial charge in [0.1, 0.15) is 12.4 Å². The molecule has 0 fully saturated rings. The SMILES string of the molecule is N#Cc1ccccc1COc1ccc(/C=N\NC(=O)CNc2ccc(Cl)cc2)cc1Br. The highest BCUT2D eigenvalue weighted by Gasteiger charge is 2.06. The third-order valence-electron chi connectivity index (χ3n) is 4.18. The Morgan fingerprint density at radius 3 is 2.68 bits per heavy atom. The van der Waals surface area contributed by atoms with Crippen molar-refractivity contribution >= 4 is 45.3 Å². The normalized spacial score (nSPS) is 10.5. The van der Waals surface area contributed by atoms with E-state index in [4.69, 9.17) is 21.6 Å². The van der Waals surface area contributed by atoms with Gasteiger partial charge in [-0.15, -0.1) is 0 Å². The van der Waals surface area contributed by atoms with E-state index in [1.54, 1.807) is 42.6 Å². The number of nitriles is 1. The van der Waals surface area contributed by atoms with Crippen LogP contribution >= 0.6 is 27.5 Å². The lowest BCUT2D eigenvalue weighted by Gasteiger charge is -2.10. The van der Waals surface area contributed by atoms with Crippen LogP contribution in [0.3, 0.4) is 0 Å². The highest BCUT2D eigenvalue weighted by atomic mass is 79.9. The molecule has 0 unspecified atom stereocenters. The molecular formula is C23H18BrClN4O2. The second kappa shape index (κ2) is 11.2. The average Bonchev–Trinajstić information content (AvgIpc) is 2.78. The van der Waals surface area contributed by atoms with E-state index >= 15 is 0 Å². The van der Waals surface area contributed by atoms with E-state index in [9.17, 15) is 4.79 Å². The molecule has 0 atom stereocenters. The number of carbonyl (C=O) groups excluding carboxylic acids is 1. The maximum Gasteiger partial charge on any atom is 0.259 e. The molecule has 0 aromatic heterocycles. The van der Waals surface area contributed by atoms with E-state index < -0.39 is 0 Å². The lowest BCUT2D eigenvalue weighted by Crippen LogP contribution is -2.25. The van der Waals surface area contributed by atoms with Crippen LogP contribution in [0.15, 0.2) is 76.3 Å². The minimum Gasteiger partial charge on any atom is -0.488 e. The number of hydrogen-bond donors (Lipinski definition) is 2. The van der Waals surface area contributed by atoms with Gasteiger partial charge in [-0.25, -0.2) is 5.43 Å². The van der Waals surface area contributed by atoms with Crippen molar-refractivity contribution in [3.05, 3.63) is 92.9 Å². The van der Waals surface area contributed by atoms with Crippen molar-refractivity contribution in [2.45, 2.75) is 6.61 Å². The van der Waals surface area contributed by atoms with Gasteiger partial charge in [0, 0.05) is 16.3 Å². The van der Waals surface area contributed by atoms with Crippen LogP contribution in [0.2, 0.25) is 5.02 Å². The lowest BCUT2D eigenvalue weighted by molar-refractivity contribution is -0.119. The van der Waals surface area contributed by atoms with Crippen molar-refractivity contribution < 1.29 is 9.53 Å². The number of benzene rings is 3. The summed E-state index contributed by atoms with van der Waals surface area (Å²) in [4.78, 5) is 11.9. The number of nitrogens with one attached hydrogen (secondary N) is 2. The Labute approximate surface area is 193 Å². The summed E-state index contributed by atoms with van der Waals surface area (Å²) in [6.07, 6.45) is 1.54. The third kappa shape index (κ3) is 6.85. The van der Waals surface area contributed by atoms with Gasteiger partial charge in [-0.1, -0.05) is 29.8 Å². The molecule has 0 saturated carbocycles. The Morgan fingerprint density at radius 1 is 1.16 bits per heavy atom. The van der Waals surface area contributed by atoms with Crippen LogP contribution in [0.25, 0.3) is 0 Å². The van der Waals surface area contributed by atoms with E-state index in [1.165, 1.54) is 0 Å². The molecule has 1 amide bonds. The Bertz CT molecular complexity index is 1130. The van der Waals surface area contributed by atoms with Crippen molar-refractivity contribution in [1.82, 2.24) is 5.43 Å². The molecule has 0 bridgehead atoms. The van der Waals surface area contributed by atoms with Crippen molar-refractivity contribution in [2.75, 3.05) is 11.9 Å². The monoisotopic (exact) mass is 496 g/mol. The number of carbonyl (C=O) groups is 1. The number of hydrogen-bond acceptors (Lipinski definition) is 5. The van der Waals surface area contributed by atoms with E-state index in [-0.39, 0.29) is 19.1 Å². The number of halogens is 2. The van der Waals surface area contributed by atoms with Crippen LogP contribution < -0.4 is 15.5 Å². The Hall–Kier alpha value is -3.34. The molecule has 0 heterocycles. The molecule has 0 saturated heterocycles. The molecule has 0 aliphatic heterocycles. The van der Waals surface area contributed by atoms with Gasteiger partial charge in [-0.05, 0) is 70.0 Å². The van der Waals surface area contributed by atoms with Crippen LogP contribution in [0, 0.1) is 11.3 Å². The smallest absolute Gasteiger partial charge is 0.259 e. The zero-order chi connectivity index (χ0) is 22.1. The fourth-order valence-electron chi connectivity index (χ4n) is 2.59. The summed E-state index contributed by atoms with van der Waals surface area (Å²) in [6.45, 7) is 0.367. The van der Waals surface area contributed by atoms with E-state index in [0.717, 1.165) is 21.3 Å². The molecule has 3 aromatic rings. The average molecular weight is 498 g/mol. The van der Waals surface area contributed by atoms with Crippen molar-refractivity contribution in [3.8, 4) is 11.8 Å². The number of anilines is 1. The van der Waals surface area contributed by atoms with E-state index in [0.29, 0.717) is 16.3 Å². The molecule has 0 spiro atoms. The van der Waals surface area contributed by atoms with Gasteiger partial charge in [-0.3, -0.25) is 4.79 Å². The van der Waals surface area contributed by atoms with Gasteiger partial charge in [-0.2, -0.15) is 10.4 Å². The summed E-state index contributed by atoms with van der Waals surface area (Å²) in [7, 11) is 0. The summed E-state index contributed by atoms with van der Waals surface area (Å²) < 4.78 is 6.55. The van der Waals surface area contributed by atoms with Gasteiger partial charge < -0.3 is 10.1 Å². The highest BCUT2D eigenvalue weighted by molar-refractivity contribution is 9.10. The van der Waals surface area contributed by atoms with Gasteiger partial charge in [0.15, 0.2) is 0 Å². The number of hydrazone groups is 1. The lowest BCUT2D eigenvalue weighted by atomic mass is 10.1. The largest absolute Gasteiger partial charge is 0.488 e. The number of amides is 1. The van der Waals surface area contributed by atoms with Crippen LogP contribution in [-0.4, -0.2) is 18.7 Å². The highest BCUT2D eigenvalue weighted by Crippen LogP contribution is 2.26. The van der Waals surface area contributed by atoms with Gasteiger partial charge in [0.25, 0.3) is 5.91 Å². The first-order valence-corrected chi connectivity index (χ1v) is 10.4. The molecule has 2 N–H and O–H groups in total. The number of nitrogens with zero attached hydrogens (tertiary/aromatic N) is 2. The maximum atomic E-state index is 11.9. The Morgan fingerprint density at radius 2 is 1.94 bits per heavy atom. The molecule has 31 heavy (non-hydrogen) atoms. The fraction of sp³-hybridized carbons (Fsp3) is 0.0870. The summed E-state index contributed by atoms with van der Waals surface area (Å²) in [5.74, 6) is 0.363. The first kappa shape index (κ1) is 22.3. The van der Waals surface area contributed by atoms with Crippen molar-refractivity contribution in [2.24, 2.45) is 5.10 Å². The summed E-state index contributed by atoms with van der Waals surface area (Å²) in [5.41, 5.74) is 5.45. The zero-order valence-electron chi connectivity index (χ0n) is 16.3. The van der Waals surface area contributed by atoms with E-state index in [1.807, 2.05) is 30.3 Å². The minimum atomic E-state index is -0.277. The van der Waals surface area contributed by atoms with Crippen molar-refractivity contribution in [3.63, 3.8) is 0 Å². The van der Waals surface area contributed by atoms with Crippen LogP contribution in [0.1, 0.15) is 16.7 Å². The summed E-state index contributed by atoms with van der Waals surface area (Å²) in [6, 6.07) is 22.0. The first-order valence-electron chi connectivity index (χ1n) is 9.27. The molecule has 0 radical (unpaired) electrons. The third-order valence-corrected chi connectivity index (χ3v) is 5.05. The zero-order valence-corrected chi connectivity index (χ0v) is 18.7. The van der Waals surface area contributed by atoms with Crippen molar-refractivity contribution in [1.29, 1.82) is 5.26 Å². The van der Waals surface area contributed by atoms with Gasteiger partial charge in [0.05, 0.1) is 28.9 Å². The van der Waals surface area contributed by atoms with E-state index in [2.05, 4.69) is 37.8 Å². The predicted molar refractivity (Wildman–Crippen MR) is 125 cm³/mol.